The predicted octanol–water partition coefficient (Wildman–Crippen LogP) is 3.34. The number of hydrogen-bond donors (Lipinski definition) is 1. The molecule has 1 aliphatic rings. The summed E-state index contributed by atoms with van der Waals surface area (Å²) in [5.74, 6) is 0.744. The molecule has 1 saturated carbocycles. The van der Waals surface area contributed by atoms with Crippen LogP contribution in [-0.2, 0) is 0 Å². The standard InChI is InChI=1S/C16H24ClNO2/c1-18(14-5-3-2-4-6-14)11-15(19)12-20-16-9-7-13(17)8-10-16/h7-10,14-15,19H,2-6,11-12H2,1H3. The van der Waals surface area contributed by atoms with E-state index in [1.807, 2.05) is 12.1 Å². The minimum atomic E-state index is -0.461. The Morgan fingerprint density at radius 1 is 1.25 bits per heavy atom. The lowest BCUT2D eigenvalue weighted by molar-refractivity contribution is 0.0561. The number of aliphatic hydroxyl groups excluding tert-OH is 1. The summed E-state index contributed by atoms with van der Waals surface area (Å²) < 4.78 is 5.58. The van der Waals surface area contributed by atoms with E-state index in [1.165, 1.54) is 32.1 Å². The van der Waals surface area contributed by atoms with Crippen molar-refractivity contribution in [2.45, 2.75) is 44.2 Å². The molecule has 0 heterocycles. The van der Waals surface area contributed by atoms with Gasteiger partial charge >= 0.3 is 0 Å². The summed E-state index contributed by atoms with van der Waals surface area (Å²) in [6, 6.07) is 7.84. The van der Waals surface area contributed by atoms with Gasteiger partial charge in [-0.1, -0.05) is 30.9 Å². The van der Waals surface area contributed by atoms with Gasteiger partial charge in [0.05, 0.1) is 0 Å². The molecule has 2 rings (SSSR count). The lowest BCUT2D eigenvalue weighted by atomic mass is 9.94. The van der Waals surface area contributed by atoms with Crippen LogP contribution in [0.15, 0.2) is 24.3 Å². The fraction of sp³-hybridized carbons (Fsp3) is 0.625. The molecule has 1 aromatic carbocycles. The molecule has 0 amide bonds. The molecular formula is C16H24ClNO2. The molecule has 0 spiro atoms. The fourth-order valence-corrected chi connectivity index (χ4v) is 2.91. The van der Waals surface area contributed by atoms with Gasteiger partial charge in [-0.05, 0) is 44.2 Å². The van der Waals surface area contributed by atoms with Crippen molar-refractivity contribution in [1.82, 2.24) is 4.90 Å². The van der Waals surface area contributed by atoms with E-state index in [0.717, 1.165) is 5.75 Å². The summed E-state index contributed by atoms with van der Waals surface area (Å²) in [7, 11) is 2.10. The van der Waals surface area contributed by atoms with Gasteiger partial charge in [0.15, 0.2) is 0 Å². The Labute approximate surface area is 126 Å². The van der Waals surface area contributed by atoms with Crippen LogP contribution in [0.4, 0.5) is 0 Å². The summed E-state index contributed by atoms with van der Waals surface area (Å²) >= 11 is 5.82. The molecule has 20 heavy (non-hydrogen) atoms. The van der Waals surface area contributed by atoms with E-state index in [1.54, 1.807) is 12.1 Å². The summed E-state index contributed by atoms with van der Waals surface area (Å²) in [6.07, 6.45) is 6.02. The summed E-state index contributed by atoms with van der Waals surface area (Å²) in [5, 5.41) is 10.8. The van der Waals surface area contributed by atoms with Crippen molar-refractivity contribution in [2.24, 2.45) is 0 Å². The van der Waals surface area contributed by atoms with Gasteiger partial charge in [0, 0.05) is 17.6 Å². The number of rotatable bonds is 6. The number of benzene rings is 1. The van der Waals surface area contributed by atoms with E-state index in [0.29, 0.717) is 24.2 Å². The highest BCUT2D eigenvalue weighted by Gasteiger charge is 2.20. The Morgan fingerprint density at radius 2 is 1.90 bits per heavy atom. The highest BCUT2D eigenvalue weighted by atomic mass is 35.5. The second kappa shape index (κ2) is 7.87. The van der Waals surface area contributed by atoms with Crippen LogP contribution >= 0.6 is 11.6 Å². The summed E-state index contributed by atoms with van der Waals surface area (Å²) in [5.41, 5.74) is 0. The molecule has 3 nitrogen and oxygen atoms in total. The first kappa shape index (κ1) is 15.6. The first-order chi connectivity index (χ1) is 9.65. The zero-order chi connectivity index (χ0) is 14.4. The Bertz CT molecular complexity index is 390. The van der Waals surface area contributed by atoms with Crippen molar-refractivity contribution in [3.63, 3.8) is 0 Å². The van der Waals surface area contributed by atoms with Crippen molar-refractivity contribution < 1.29 is 9.84 Å². The number of ether oxygens (including phenoxy) is 1. The average Bonchev–Trinajstić information content (AvgIpc) is 2.47. The molecule has 1 fully saturated rings. The minimum absolute atomic E-state index is 0.318. The molecule has 0 aromatic heterocycles. The number of aliphatic hydroxyl groups is 1. The maximum atomic E-state index is 10.1. The fourth-order valence-electron chi connectivity index (χ4n) is 2.78. The molecule has 1 aliphatic carbocycles. The molecule has 0 radical (unpaired) electrons. The second-order valence-electron chi connectivity index (χ2n) is 5.65. The van der Waals surface area contributed by atoms with Gasteiger partial charge in [0.2, 0.25) is 0 Å². The second-order valence-corrected chi connectivity index (χ2v) is 6.09. The number of nitrogens with zero attached hydrogens (tertiary/aromatic N) is 1. The van der Waals surface area contributed by atoms with Gasteiger partial charge in [-0.25, -0.2) is 0 Å². The van der Waals surface area contributed by atoms with E-state index in [4.69, 9.17) is 16.3 Å². The molecule has 0 aliphatic heterocycles. The van der Waals surface area contributed by atoms with Crippen LogP contribution in [0.2, 0.25) is 5.02 Å². The van der Waals surface area contributed by atoms with Crippen LogP contribution in [0, 0.1) is 0 Å². The maximum Gasteiger partial charge on any atom is 0.119 e. The largest absolute Gasteiger partial charge is 0.491 e. The van der Waals surface area contributed by atoms with E-state index < -0.39 is 6.10 Å². The molecule has 4 heteroatoms. The third kappa shape index (κ3) is 4.97. The average molecular weight is 298 g/mol. The Morgan fingerprint density at radius 3 is 2.55 bits per heavy atom. The summed E-state index contributed by atoms with van der Waals surface area (Å²) in [4.78, 5) is 2.27. The van der Waals surface area contributed by atoms with Crippen LogP contribution < -0.4 is 4.74 Å². The Balaban J connectivity index is 1.71. The third-order valence-corrected chi connectivity index (χ3v) is 4.20. The number of hydrogen-bond acceptors (Lipinski definition) is 3. The monoisotopic (exact) mass is 297 g/mol. The molecule has 0 saturated heterocycles. The molecule has 0 bridgehead atoms. The van der Waals surface area contributed by atoms with E-state index in [2.05, 4.69) is 11.9 Å². The van der Waals surface area contributed by atoms with E-state index in [-0.39, 0.29) is 0 Å². The van der Waals surface area contributed by atoms with Crippen LogP contribution in [0.1, 0.15) is 32.1 Å². The summed E-state index contributed by atoms with van der Waals surface area (Å²) in [6.45, 7) is 0.983. The third-order valence-electron chi connectivity index (χ3n) is 3.95. The van der Waals surface area contributed by atoms with Gasteiger partial charge in [-0.3, -0.25) is 0 Å². The lowest BCUT2D eigenvalue weighted by Gasteiger charge is -2.32. The van der Waals surface area contributed by atoms with E-state index >= 15 is 0 Å². The quantitative estimate of drug-likeness (QED) is 0.874. The van der Waals surface area contributed by atoms with Crippen LogP contribution in [0.5, 0.6) is 5.75 Å². The van der Waals surface area contributed by atoms with Gasteiger partial charge in [-0.15, -0.1) is 0 Å². The normalized spacial score (nSPS) is 18.2. The van der Waals surface area contributed by atoms with Crippen LogP contribution in [0.25, 0.3) is 0 Å². The van der Waals surface area contributed by atoms with Crippen molar-refractivity contribution in [1.29, 1.82) is 0 Å². The topological polar surface area (TPSA) is 32.7 Å². The van der Waals surface area contributed by atoms with Crippen LogP contribution in [-0.4, -0.2) is 42.4 Å². The van der Waals surface area contributed by atoms with Crippen molar-refractivity contribution >= 4 is 11.6 Å². The van der Waals surface area contributed by atoms with Gasteiger partial charge in [0.1, 0.15) is 18.5 Å². The molecule has 112 valence electrons. The molecule has 1 aromatic rings. The first-order valence-electron chi connectivity index (χ1n) is 7.42. The first-order valence-corrected chi connectivity index (χ1v) is 7.79. The van der Waals surface area contributed by atoms with Crippen molar-refractivity contribution in [3.05, 3.63) is 29.3 Å². The molecule has 1 unspecified atom stereocenters. The molecular weight excluding hydrogens is 274 g/mol. The molecule has 1 N–H and O–H groups in total. The number of halogens is 1. The Hall–Kier alpha value is -0.770. The lowest BCUT2D eigenvalue weighted by Crippen LogP contribution is -2.40. The van der Waals surface area contributed by atoms with Gasteiger partial charge < -0.3 is 14.7 Å². The maximum absolute atomic E-state index is 10.1. The van der Waals surface area contributed by atoms with Crippen molar-refractivity contribution in [2.75, 3.05) is 20.2 Å². The van der Waals surface area contributed by atoms with Crippen molar-refractivity contribution in [3.8, 4) is 5.75 Å². The highest BCUT2D eigenvalue weighted by molar-refractivity contribution is 6.30. The number of likely N-dealkylation sites (N-methyl/N-ethyl adjacent to an activating group) is 1. The van der Waals surface area contributed by atoms with Gasteiger partial charge in [-0.2, -0.15) is 0 Å². The van der Waals surface area contributed by atoms with Gasteiger partial charge in [0.25, 0.3) is 0 Å². The predicted molar refractivity (Wildman–Crippen MR) is 82.5 cm³/mol. The zero-order valence-electron chi connectivity index (χ0n) is 12.1. The zero-order valence-corrected chi connectivity index (χ0v) is 12.9. The molecule has 1 atom stereocenters. The van der Waals surface area contributed by atoms with E-state index in [9.17, 15) is 5.11 Å². The van der Waals surface area contributed by atoms with Crippen LogP contribution in [0.3, 0.4) is 0 Å². The minimum Gasteiger partial charge on any atom is -0.491 e. The smallest absolute Gasteiger partial charge is 0.119 e. The SMILES string of the molecule is CN(CC(O)COc1ccc(Cl)cc1)C1CCCCC1. The Kier molecular flexibility index (Phi) is 6.14. The highest BCUT2D eigenvalue weighted by Crippen LogP contribution is 2.21.